The maximum atomic E-state index is 12.7. The van der Waals surface area contributed by atoms with Gasteiger partial charge in [-0.2, -0.15) is 0 Å². The third kappa shape index (κ3) is 2.84. The molecule has 3 aromatic heterocycles. The van der Waals surface area contributed by atoms with E-state index in [1.807, 2.05) is 6.07 Å². The zero-order valence-electron chi connectivity index (χ0n) is 15.1. The minimum atomic E-state index is -0.235. The first-order valence-corrected chi connectivity index (χ1v) is 8.78. The lowest BCUT2D eigenvalue weighted by Gasteiger charge is -2.30. The predicted octanol–water partition coefficient (Wildman–Crippen LogP) is 3.44. The lowest BCUT2D eigenvalue weighted by Crippen LogP contribution is -2.32. The lowest BCUT2D eigenvalue weighted by molar-refractivity contribution is -0.0411. The molecule has 25 heavy (non-hydrogen) atoms. The Morgan fingerprint density at radius 1 is 1.36 bits per heavy atom. The zero-order valence-corrected chi connectivity index (χ0v) is 15.1. The van der Waals surface area contributed by atoms with E-state index in [0.29, 0.717) is 30.3 Å². The first kappa shape index (κ1) is 16.3. The van der Waals surface area contributed by atoms with E-state index in [4.69, 9.17) is 9.15 Å². The van der Waals surface area contributed by atoms with Crippen molar-refractivity contribution < 1.29 is 9.15 Å². The van der Waals surface area contributed by atoms with Gasteiger partial charge in [0, 0.05) is 18.5 Å². The van der Waals surface area contributed by atoms with E-state index in [1.54, 1.807) is 10.9 Å². The van der Waals surface area contributed by atoms with Crippen LogP contribution in [0.3, 0.4) is 0 Å². The van der Waals surface area contributed by atoms with Gasteiger partial charge in [0.05, 0.1) is 29.6 Å². The fourth-order valence-electron chi connectivity index (χ4n) is 3.23. The van der Waals surface area contributed by atoms with E-state index in [1.165, 1.54) is 0 Å². The smallest absolute Gasteiger partial charge is 0.297 e. The van der Waals surface area contributed by atoms with Crippen LogP contribution in [0.1, 0.15) is 45.4 Å². The topological polar surface area (TPSA) is 70.2 Å². The molecule has 0 radical (unpaired) electrons. The Hall–Kier alpha value is -2.21. The van der Waals surface area contributed by atoms with Crippen LogP contribution in [0.2, 0.25) is 0 Å². The summed E-state index contributed by atoms with van der Waals surface area (Å²) in [6.45, 7) is 9.53. The van der Waals surface area contributed by atoms with Crippen LogP contribution in [0.5, 0.6) is 0 Å². The van der Waals surface area contributed by atoms with Crippen LogP contribution >= 0.6 is 0 Å². The fourth-order valence-corrected chi connectivity index (χ4v) is 3.23. The van der Waals surface area contributed by atoms with E-state index in [2.05, 4.69) is 37.7 Å². The molecule has 0 amide bonds. The number of rotatable bonds is 3. The van der Waals surface area contributed by atoms with Crippen molar-refractivity contribution in [2.24, 2.45) is 5.92 Å². The minimum Gasteiger partial charge on any atom is -0.430 e. The van der Waals surface area contributed by atoms with E-state index in [9.17, 15) is 4.79 Å². The maximum absolute atomic E-state index is 12.7. The minimum absolute atomic E-state index is 0.141. The fraction of sp³-hybridized carbons (Fsp3) is 0.526. The summed E-state index contributed by atoms with van der Waals surface area (Å²) in [6, 6.07) is 2.00. The van der Waals surface area contributed by atoms with Crippen molar-refractivity contribution in [3.8, 4) is 0 Å². The Bertz CT molecular complexity index is 1010. The molecule has 0 saturated heterocycles. The number of aromatic nitrogens is 3. The highest BCUT2D eigenvalue weighted by atomic mass is 16.5. The zero-order chi connectivity index (χ0) is 17.8. The summed E-state index contributed by atoms with van der Waals surface area (Å²) in [7, 11) is 0. The van der Waals surface area contributed by atoms with Gasteiger partial charge >= 0.3 is 0 Å². The molecule has 132 valence electrons. The van der Waals surface area contributed by atoms with Gasteiger partial charge in [-0.25, -0.2) is 9.97 Å². The van der Waals surface area contributed by atoms with Crippen molar-refractivity contribution >= 4 is 22.2 Å². The SMILES string of the molecule is CC(C)CCn1cnc2c(oc3nc4c(cc32)COC(C)(C)C4)c1=O. The molecule has 3 aromatic rings. The molecular weight excluding hydrogens is 318 g/mol. The molecule has 4 heterocycles. The number of aryl methyl sites for hydroxylation is 1. The Labute approximate surface area is 145 Å². The number of hydrogen-bond acceptors (Lipinski definition) is 5. The van der Waals surface area contributed by atoms with Crippen LogP contribution in [0.4, 0.5) is 0 Å². The molecule has 0 saturated carbocycles. The van der Waals surface area contributed by atoms with Crippen LogP contribution in [0.15, 0.2) is 21.6 Å². The van der Waals surface area contributed by atoms with Gasteiger partial charge in [0.15, 0.2) is 0 Å². The van der Waals surface area contributed by atoms with E-state index in [-0.39, 0.29) is 16.7 Å². The lowest BCUT2D eigenvalue weighted by atomic mass is 9.95. The van der Waals surface area contributed by atoms with E-state index in [0.717, 1.165) is 29.5 Å². The van der Waals surface area contributed by atoms with Crippen LogP contribution in [0.25, 0.3) is 22.2 Å². The van der Waals surface area contributed by atoms with Crippen molar-refractivity contribution in [2.45, 2.75) is 59.3 Å². The molecule has 0 unspecified atom stereocenters. The van der Waals surface area contributed by atoms with Gasteiger partial charge in [-0.05, 0) is 32.3 Å². The third-order valence-electron chi connectivity index (χ3n) is 4.77. The van der Waals surface area contributed by atoms with Crippen LogP contribution in [0, 0.1) is 5.92 Å². The highest BCUT2D eigenvalue weighted by Gasteiger charge is 2.28. The first-order valence-electron chi connectivity index (χ1n) is 8.78. The van der Waals surface area contributed by atoms with Gasteiger partial charge in [-0.15, -0.1) is 0 Å². The quantitative estimate of drug-likeness (QED) is 0.730. The average molecular weight is 341 g/mol. The second kappa shape index (κ2) is 5.66. The summed E-state index contributed by atoms with van der Waals surface area (Å²) in [5, 5.41) is 0.783. The number of nitrogens with zero attached hydrogens (tertiary/aromatic N) is 3. The number of fused-ring (bicyclic) bond motifs is 4. The highest BCUT2D eigenvalue weighted by Crippen LogP contribution is 2.31. The van der Waals surface area contributed by atoms with Gasteiger partial charge < -0.3 is 9.15 Å². The molecule has 0 spiro atoms. The summed E-state index contributed by atoms with van der Waals surface area (Å²) < 4.78 is 13.3. The van der Waals surface area contributed by atoms with E-state index < -0.39 is 0 Å². The molecule has 0 N–H and O–H groups in total. The number of furan rings is 1. The summed E-state index contributed by atoms with van der Waals surface area (Å²) in [6.07, 6.45) is 3.26. The van der Waals surface area contributed by atoms with Crippen molar-refractivity contribution in [1.82, 2.24) is 14.5 Å². The number of pyridine rings is 1. The molecule has 1 aliphatic heterocycles. The first-order chi connectivity index (χ1) is 11.8. The molecule has 6 heteroatoms. The number of hydrogen-bond donors (Lipinski definition) is 0. The molecule has 0 atom stereocenters. The molecule has 0 aliphatic carbocycles. The van der Waals surface area contributed by atoms with Crippen molar-refractivity contribution in [1.29, 1.82) is 0 Å². The Balaban J connectivity index is 1.84. The molecule has 0 fully saturated rings. The largest absolute Gasteiger partial charge is 0.430 e. The van der Waals surface area contributed by atoms with Crippen molar-refractivity contribution in [2.75, 3.05) is 0 Å². The number of ether oxygens (including phenoxy) is 1. The van der Waals surface area contributed by atoms with Gasteiger partial charge in [0.25, 0.3) is 5.56 Å². The van der Waals surface area contributed by atoms with Gasteiger partial charge in [-0.3, -0.25) is 9.36 Å². The summed E-state index contributed by atoms with van der Waals surface area (Å²) >= 11 is 0. The molecule has 0 bridgehead atoms. The predicted molar refractivity (Wildman–Crippen MR) is 95.6 cm³/mol. The Kier molecular flexibility index (Phi) is 3.68. The molecule has 0 aromatic carbocycles. The third-order valence-corrected chi connectivity index (χ3v) is 4.77. The maximum Gasteiger partial charge on any atom is 0.297 e. The molecule has 1 aliphatic rings. The molecule has 4 rings (SSSR count). The van der Waals surface area contributed by atoms with Crippen LogP contribution < -0.4 is 5.56 Å². The Morgan fingerprint density at radius 3 is 2.92 bits per heavy atom. The van der Waals surface area contributed by atoms with Crippen molar-refractivity contribution in [3.63, 3.8) is 0 Å². The second-order valence-electron chi connectivity index (χ2n) is 7.88. The molecule has 6 nitrogen and oxygen atoms in total. The summed E-state index contributed by atoms with van der Waals surface area (Å²) in [5.41, 5.74) is 3.00. The van der Waals surface area contributed by atoms with E-state index >= 15 is 0 Å². The van der Waals surface area contributed by atoms with Crippen LogP contribution in [-0.4, -0.2) is 20.1 Å². The molecular formula is C19H23N3O3. The summed E-state index contributed by atoms with van der Waals surface area (Å²) in [4.78, 5) is 21.8. The van der Waals surface area contributed by atoms with Crippen LogP contribution in [-0.2, 0) is 24.3 Å². The Morgan fingerprint density at radius 2 is 2.16 bits per heavy atom. The summed E-state index contributed by atoms with van der Waals surface area (Å²) in [5.74, 6) is 0.523. The normalized spacial score (nSPS) is 16.7. The second-order valence-corrected chi connectivity index (χ2v) is 7.88. The van der Waals surface area contributed by atoms with Gasteiger partial charge in [-0.1, -0.05) is 13.8 Å². The highest BCUT2D eigenvalue weighted by molar-refractivity contribution is 6.00. The standard InChI is InChI=1S/C19H23N3O3/c1-11(2)5-6-22-10-20-15-13-7-12-9-24-19(3,4)8-14(12)21-17(13)25-16(15)18(22)23/h7,10-11H,5-6,8-9H2,1-4H3. The average Bonchev–Trinajstić information content (AvgIpc) is 2.89. The van der Waals surface area contributed by atoms with Gasteiger partial charge in [0.1, 0.15) is 5.52 Å². The van der Waals surface area contributed by atoms with Crippen molar-refractivity contribution in [3.05, 3.63) is 34.0 Å². The van der Waals surface area contributed by atoms with Gasteiger partial charge in [0.2, 0.25) is 11.3 Å². The monoisotopic (exact) mass is 341 g/mol.